The lowest BCUT2D eigenvalue weighted by Crippen LogP contribution is -2.00. The van der Waals surface area contributed by atoms with Gasteiger partial charge in [-0.25, -0.2) is 0 Å². The molecule has 0 saturated carbocycles. The monoisotopic (exact) mass is 314 g/mol. The topological polar surface area (TPSA) is 72.1 Å². The fourth-order valence-electron chi connectivity index (χ4n) is 1.91. The highest BCUT2D eigenvalue weighted by Crippen LogP contribution is 2.20. The van der Waals surface area contributed by atoms with Crippen molar-refractivity contribution in [1.82, 2.24) is 9.97 Å². The van der Waals surface area contributed by atoms with Crippen molar-refractivity contribution < 1.29 is 15.8 Å². The second-order valence-electron chi connectivity index (χ2n) is 4.15. The van der Waals surface area contributed by atoms with Crippen molar-refractivity contribution in [2.24, 2.45) is 0 Å². The molecule has 0 aliphatic heterocycles. The van der Waals surface area contributed by atoms with Crippen molar-refractivity contribution in [2.75, 3.05) is 7.11 Å². The molecule has 0 spiro atoms. The van der Waals surface area contributed by atoms with Crippen LogP contribution in [0.2, 0.25) is 0 Å². The van der Waals surface area contributed by atoms with Gasteiger partial charge >= 0.3 is 0 Å². The number of benzene rings is 1. The van der Waals surface area contributed by atoms with Crippen LogP contribution in [0.3, 0.4) is 0 Å². The molecule has 0 fully saturated rings. The lowest BCUT2D eigenvalue weighted by molar-refractivity contribution is -0.126. The summed E-state index contributed by atoms with van der Waals surface area (Å²) in [5, 5.41) is 0.946. The maximum absolute atomic E-state index is 12.3. The Bertz CT molecular complexity index is 742. The molecule has 0 aliphatic carbocycles. The standard InChI is InChI=1S/C14H10N2O.C2H4O2.C2H6.H2/c17-14(10-4-3-7-15-8-10)12-9-16-13-6-2-1-5-11(12)13;1-4-2-3;1-2;/h1-9,16H;2H,1H3;1-2H3;1H. The SMILES string of the molecule is CC.COC=O.O=C(c1cccnc1)c1c[nH]c2ccccc12.[HH]. The third-order valence-corrected chi connectivity index (χ3v) is 2.85. The van der Waals surface area contributed by atoms with E-state index in [0.717, 1.165) is 10.9 Å². The number of nitrogens with zero attached hydrogens (tertiary/aromatic N) is 1. The highest BCUT2D eigenvalue weighted by Gasteiger charge is 2.13. The lowest BCUT2D eigenvalue weighted by atomic mass is 10.0. The van der Waals surface area contributed by atoms with Crippen LogP contribution in [-0.2, 0) is 9.53 Å². The third kappa shape index (κ3) is 4.78. The summed E-state index contributed by atoms with van der Waals surface area (Å²) in [6, 6.07) is 11.3. The molecule has 0 unspecified atom stereocenters. The van der Waals surface area contributed by atoms with Crippen LogP contribution in [0.1, 0.15) is 31.2 Å². The van der Waals surface area contributed by atoms with E-state index in [9.17, 15) is 4.79 Å². The van der Waals surface area contributed by atoms with Gasteiger partial charge in [-0.15, -0.1) is 0 Å². The van der Waals surface area contributed by atoms with E-state index in [2.05, 4.69) is 14.7 Å². The van der Waals surface area contributed by atoms with Gasteiger partial charge in [0.05, 0.1) is 7.11 Å². The molecule has 0 bridgehead atoms. The Kier molecular flexibility index (Phi) is 7.78. The number of para-hydroxylation sites is 1. The second kappa shape index (κ2) is 9.89. The first-order valence-corrected chi connectivity index (χ1v) is 7.25. The third-order valence-electron chi connectivity index (χ3n) is 2.85. The van der Waals surface area contributed by atoms with E-state index in [1.54, 1.807) is 30.7 Å². The number of hydrogen-bond donors (Lipinski definition) is 1. The Morgan fingerprint density at radius 1 is 1.22 bits per heavy atom. The summed E-state index contributed by atoms with van der Waals surface area (Å²) < 4.78 is 3.86. The first-order valence-electron chi connectivity index (χ1n) is 7.25. The quantitative estimate of drug-likeness (QED) is 0.588. The molecule has 23 heavy (non-hydrogen) atoms. The zero-order valence-corrected chi connectivity index (χ0v) is 13.4. The van der Waals surface area contributed by atoms with Crippen molar-refractivity contribution in [3.63, 3.8) is 0 Å². The van der Waals surface area contributed by atoms with Gasteiger partial charge in [0, 0.05) is 42.0 Å². The summed E-state index contributed by atoms with van der Waals surface area (Å²) in [5.41, 5.74) is 2.27. The number of H-pyrrole nitrogens is 1. The number of ketones is 1. The van der Waals surface area contributed by atoms with Crippen LogP contribution < -0.4 is 0 Å². The van der Waals surface area contributed by atoms with E-state index in [0.29, 0.717) is 17.6 Å². The number of aromatic nitrogens is 2. The van der Waals surface area contributed by atoms with Crippen LogP contribution >= 0.6 is 0 Å². The van der Waals surface area contributed by atoms with E-state index >= 15 is 0 Å². The summed E-state index contributed by atoms with van der Waals surface area (Å²) in [4.78, 5) is 28.3. The highest BCUT2D eigenvalue weighted by molar-refractivity contribution is 6.16. The number of carbonyl (C=O) groups is 2. The minimum atomic E-state index is -0.00412. The number of methoxy groups -OCH3 is 1. The van der Waals surface area contributed by atoms with Gasteiger partial charge in [-0.2, -0.15) is 0 Å². The van der Waals surface area contributed by atoms with Gasteiger partial charge in [-0.1, -0.05) is 32.0 Å². The molecule has 1 N–H and O–H groups in total. The molecular formula is C18H22N2O3. The Balaban J connectivity index is 0.000000669. The van der Waals surface area contributed by atoms with Crippen molar-refractivity contribution >= 4 is 23.2 Å². The zero-order chi connectivity index (χ0) is 17.1. The van der Waals surface area contributed by atoms with Gasteiger partial charge in [0.2, 0.25) is 0 Å². The molecule has 5 heteroatoms. The Morgan fingerprint density at radius 2 is 1.91 bits per heavy atom. The number of aromatic amines is 1. The smallest absolute Gasteiger partial charge is 0.292 e. The van der Waals surface area contributed by atoms with Gasteiger partial charge in [0.25, 0.3) is 6.47 Å². The fourth-order valence-corrected chi connectivity index (χ4v) is 1.91. The van der Waals surface area contributed by atoms with E-state index in [1.165, 1.54) is 7.11 Å². The van der Waals surface area contributed by atoms with E-state index < -0.39 is 0 Å². The van der Waals surface area contributed by atoms with Gasteiger partial charge in [-0.3, -0.25) is 14.6 Å². The molecule has 1 aromatic carbocycles. The minimum Gasteiger partial charge on any atom is -0.471 e. The maximum atomic E-state index is 12.3. The van der Waals surface area contributed by atoms with E-state index in [-0.39, 0.29) is 7.21 Å². The molecule has 5 nitrogen and oxygen atoms in total. The molecule has 2 aromatic heterocycles. The van der Waals surface area contributed by atoms with Gasteiger partial charge in [0.15, 0.2) is 5.78 Å². The van der Waals surface area contributed by atoms with Crippen LogP contribution in [-0.4, -0.2) is 29.3 Å². The molecule has 0 saturated heterocycles. The lowest BCUT2D eigenvalue weighted by Gasteiger charge is -1.98. The average Bonchev–Trinajstić information content (AvgIpc) is 3.08. The molecule has 2 heterocycles. The number of ether oxygens (including phenoxy) is 1. The minimum absolute atomic E-state index is 0. The van der Waals surface area contributed by atoms with Crippen LogP contribution in [0.4, 0.5) is 0 Å². The van der Waals surface area contributed by atoms with Crippen LogP contribution in [0, 0.1) is 0 Å². The second-order valence-corrected chi connectivity index (χ2v) is 4.15. The van der Waals surface area contributed by atoms with Crippen LogP contribution in [0.15, 0.2) is 55.0 Å². The Morgan fingerprint density at radius 3 is 2.52 bits per heavy atom. The fraction of sp³-hybridized carbons (Fsp3) is 0.167. The van der Waals surface area contributed by atoms with E-state index in [1.807, 2.05) is 38.1 Å². The van der Waals surface area contributed by atoms with Gasteiger partial charge < -0.3 is 9.72 Å². The van der Waals surface area contributed by atoms with E-state index in [4.69, 9.17) is 4.79 Å². The molecule has 122 valence electrons. The summed E-state index contributed by atoms with van der Waals surface area (Å²) in [6.07, 6.45) is 5.00. The van der Waals surface area contributed by atoms with Crippen molar-refractivity contribution in [1.29, 1.82) is 0 Å². The Labute approximate surface area is 136 Å². The maximum Gasteiger partial charge on any atom is 0.292 e. The first-order chi connectivity index (χ1) is 11.3. The number of fused-ring (bicyclic) bond motifs is 1. The van der Waals surface area contributed by atoms with Crippen molar-refractivity contribution in [2.45, 2.75) is 13.8 Å². The van der Waals surface area contributed by atoms with Crippen LogP contribution in [0.5, 0.6) is 0 Å². The number of rotatable bonds is 3. The van der Waals surface area contributed by atoms with Gasteiger partial charge in [0.1, 0.15) is 0 Å². The molecule has 0 radical (unpaired) electrons. The summed E-state index contributed by atoms with van der Waals surface area (Å²) in [7, 11) is 1.31. The zero-order valence-electron chi connectivity index (χ0n) is 13.4. The normalized spacial score (nSPS) is 9.00. The molecule has 3 aromatic rings. The molecular weight excluding hydrogens is 292 g/mol. The predicted molar refractivity (Wildman–Crippen MR) is 92.5 cm³/mol. The predicted octanol–water partition coefficient (Wildman–Crippen LogP) is 3.86. The number of hydrogen-bond acceptors (Lipinski definition) is 4. The summed E-state index contributed by atoms with van der Waals surface area (Å²) in [6.45, 7) is 4.38. The molecule has 0 aliphatic rings. The average molecular weight is 314 g/mol. The molecule has 0 amide bonds. The highest BCUT2D eigenvalue weighted by atomic mass is 16.5. The largest absolute Gasteiger partial charge is 0.471 e. The molecule has 3 rings (SSSR count). The Hall–Kier alpha value is -2.95. The summed E-state index contributed by atoms with van der Waals surface area (Å²) >= 11 is 0. The van der Waals surface area contributed by atoms with Crippen molar-refractivity contribution in [3.05, 3.63) is 66.1 Å². The summed E-state index contributed by atoms with van der Waals surface area (Å²) in [5.74, 6) is -0.00412. The molecule has 0 atom stereocenters. The number of nitrogens with one attached hydrogen (secondary N) is 1. The van der Waals surface area contributed by atoms with Crippen molar-refractivity contribution in [3.8, 4) is 0 Å². The van der Waals surface area contributed by atoms with Gasteiger partial charge in [-0.05, 0) is 18.2 Å². The first kappa shape index (κ1) is 18.1. The van der Waals surface area contributed by atoms with Crippen LogP contribution in [0.25, 0.3) is 10.9 Å². The number of carbonyl (C=O) groups excluding carboxylic acids is 2. The number of pyridine rings is 1.